The molecule has 0 bridgehead atoms. The number of aryl methyl sites for hydroxylation is 1. The van der Waals surface area contributed by atoms with Gasteiger partial charge in [-0.15, -0.1) is 0 Å². The molecule has 2 fully saturated rings. The van der Waals surface area contributed by atoms with E-state index in [4.69, 9.17) is 0 Å². The Labute approximate surface area is 156 Å². The predicted octanol–water partition coefficient (Wildman–Crippen LogP) is 0.772. The van der Waals surface area contributed by atoms with Crippen LogP contribution in [-0.2, 0) is 11.2 Å². The normalized spacial score (nSPS) is 30.8. The van der Waals surface area contributed by atoms with Crippen LogP contribution in [0.1, 0.15) is 24.0 Å². The van der Waals surface area contributed by atoms with E-state index in [1.807, 2.05) is 0 Å². The van der Waals surface area contributed by atoms with Gasteiger partial charge in [0.1, 0.15) is 6.04 Å². The average Bonchev–Trinajstić information content (AvgIpc) is 3.20. The molecule has 2 saturated heterocycles. The first-order valence-corrected chi connectivity index (χ1v) is 9.80. The number of hydrogen-bond donors (Lipinski definition) is 3. The first kappa shape index (κ1) is 17.8. The summed E-state index contributed by atoms with van der Waals surface area (Å²) in [6, 6.07) is 6.93. The van der Waals surface area contributed by atoms with E-state index in [9.17, 15) is 4.79 Å². The first-order valence-electron chi connectivity index (χ1n) is 9.80. The summed E-state index contributed by atoms with van der Waals surface area (Å²) in [5.74, 6) is 0.139. The van der Waals surface area contributed by atoms with Crippen LogP contribution in [0.2, 0.25) is 0 Å². The molecule has 142 valence electrons. The smallest absolute Gasteiger partial charge is 0.243 e. The average molecular weight is 358 g/mol. The van der Waals surface area contributed by atoms with Crippen molar-refractivity contribution in [2.45, 2.75) is 50.5 Å². The maximum Gasteiger partial charge on any atom is 0.243 e. The van der Waals surface area contributed by atoms with Gasteiger partial charge in [-0.05, 0) is 45.0 Å². The third kappa shape index (κ3) is 3.46. The van der Waals surface area contributed by atoms with E-state index in [2.05, 4.69) is 65.0 Å². The van der Waals surface area contributed by atoms with E-state index in [1.54, 1.807) is 0 Å². The number of hydrogen-bond acceptors (Lipinski definition) is 5. The molecule has 0 radical (unpaired) electrons. The van der Waals surface area contributed by atoms with Gasteiger partial charge >= 0.3 is 0 Å². The fourth-order valence-electron chi connectivity index (χ4n) is 4.73. The Kier molecular flexibility index (Phi) is 4.90. The largest absolute Gasteiger partial charge is 0.373 e. The summed E-state index contributed by atoms with van der Waals surface area (Å²) in [6.07, 6.45) is 3.41. The second-order valence-corrected chi connectivity index (χ2v) is 8.33. The molecule has 1 aromatic rings. The van der Waals surface area contributed by atoms with Gasteiger partial charge in [-0.25, -0.2) is 0 Å². The summed E-state index contributed by atoms with van der Waals surface area (Å²) in [4.78, 5) is 17.6. The van der Waals surface area contributed by atoms with Gasteiger partial charge in [-0.3, -0.25) is 9.69 Å². The van der Waals surface area contributed by atoms with Crippen LogP contribution in [0.3, 0.4) is 0 Å². The van der Waals surface area contributed by atoms with Crippen molar-refractivity contribution in [3.8, 4) is 0 Å². The molecule has 1 amide bonds. The molecule has 6 nitrogen and oxygen atoms in total. The third-order valence-corrected chi connectivity index (χ3v) is 6.02. The van der Waals surface area contributed by atoms with E-state index in [1.165, 1.54) is 11.1 Å². The number of benzene rings is 1. The highest BCUT2D eigenvalue weighted by molar-refractivity contribution is 5.88. The summed E-state index contributed by atoms with van der Waals surface area (Å²) in [7, 11) is 4.25. The van der Waals surface area contributed by atoms with Gasteiger partial charge in [-0.2, -0.15) is 0 Å². The maximum atomic E-state index is 12.8. The van der Waals surface area contributed by atoms with Crippen LogP contribution in [0.15, 0.2) is 18.2 Å². The monoisotopic (exact) mass is 357 g/mol. The van der Waals surface area contributed by atoms with Gasteiger partial charge in [0.2, 0.25) is 5.91 Å². The Morgan fingerprint density at radius 3 is 2.96 bits per heavy atom. The minimum absolute atomic E-state index is 0.139. The quantitative estimate of drug-likeness (QED) is 0.743. The predicted molar refractivity (Wildman–Crippen MR) is 104 cm³/mol. The summed E-state index contributed by atoms with van der Waals surface area (Å²) < 4.78 is 0. The van der Waals surface area contributed by atoms with E-state index in [0.717, 1.165) is 44.6 Å². The number of rotatable bonds is 4. The zero-order chi connectivity index (χ0) is 18.3. The first-order chi connectivity index (χ1) is 12.5. The second-order valence-electron chi connectivity index (χ2n) is 8.33. The Morgan fingerprint density at radius 2 is 2.19 bits per heavy atom. The molecule has 4 atom stereocenters. The fraction of sp³-hybridized carbons (Fsp3) is 0.650. The van der Waals surface area contributed by atoms with Gasteiger partial charge in [0, 0.05) is 43.8 Å². The van der Waals surface area contributed by atoms with Crippen LogP contribution >= 0.6 is 0 Å². The van der Waals surface area contributed by atoms with Crippen LogP contribution in [0.5, 0.6) is 0 Å². The lowest BCUT2D eigenvalue weighted by molar-refractivity contribution is -0.123. The minimum Gasteiger partial charge on any atom is -0.373 e. The number of piperidine rings is 1. The van der Waals surface area contributed by atoms with Gasteiger partial charge in [0.25, 0.3) is 0 Å². The number of nitrogens with zero attached hydrogens (tertiary/aromatic N) is 2. The molecule has 0 aromatic heterocycles. The van der Waals surface area contributed by atoms with Crippen molar-refractivity contribution < 1.29 is 4.79 Å². The van der Waals surface area contributed by atoms with E-state index in [0.29, 0.717) is 12.2 Å². The van der Waals surface area contributed by atoms with Crippen molar-refractivity contribution in [3.63, 3.8) is 0 Å². The molecule has 6 heteroatoms. The zero-order valence-electron chi connectivity index (χ0n) is 16.1. The Bertz CT molecular complexity index is 676. The molecular weight excluding hydrogens is 326 g/mol. The van der Waals surface area contributed by atoms with E-state index in [-0.39, 0.29) is 18.0 Å². The highest BCUT2D eigenvalue weighted by atomic mass is 16.2. The van der Waals surface area contributed by atoms with Gasteiger partial charge < -0.3 is 20.9 Å². The molecule has 0 saturated carbocycles. The molecule has 3 aliphatic heterocycles. The zero-order valence-corrected chi connectivity index (χ0v) is 16.1. The van der Waals surface area contributed by atoms with Crippen molar-refractivity contribution in [1.29, 1.82) is 0 Å². The van der Waals surface area contributed by atoms with Crippen molar-refractivity contribution in [3.05, 3.63) is 29.3 Å². The minimum atomic E-state index is -0.141. The lowest BCUT2D eigenvalue weighted by atomic mass is 10.0. The highest BCUT2D eigenvalue weighted by Crippen LogP contribution is 2.29. The SMILES string of the molecule is Cc1cccc2c1NC(C(=O)NC1CCC3NCC(CN(C)C)N3C1)C2. The molecule has 3 heterocycles. The number of likely N-dealkylation sites (N-methyl/N-ethyl adjacent to an activating group) is 1. The molecule has 26 heavy (non-hydrogen) atoms. The summed E-state index contributed by atoms with van der Waals surface area (Å²) in [6.45, 7) is 5.14. The number of amides is 1. The summed E-state index contributed by atoms with van der Waals surface area (Å²) in [5, 5.41) is 10.4. The molecule has 3 N–H and O–H groups in total. The maximum absolute atomic E-state index is 12.8. The van der Waals surface area contributed by atoms with Gasteiger partial charge in [0.15, 0.2) is 0 Å². The van der Waals surface area contributed by atoms with E-state index >= 15 is 0 Å². The molecule has 0 aliphatic carbocycles. The van der Waals surface area contributed by atoms with Crippen LogP contribution in [0, 0.1) is 6.92 Å². The van der Waals surface area contributed by atoms with Crippen LogP contribution < -0.4 is 16.0 Å². The molecule has 0 spiro atoms. The number of carbonyl (C=O) groups is 1. The van der Waals surface area contributed by atoms with E-state index < -0.39 is 0 Å². The van der Waals surface area contributed by atoms with Crippen LogP contribution in [-0.4, -0.2) is 73.7 Å². The molecule has 4 rings (SSSR count). The van der Waals surface area contributed by atoms with Crippen molar-refractivity contribution in [2.75, 3.05) is 39.0 Å². The fourth-order valence-corrected chi connectivity index (χ4v) is 4.73. The Hall–Kier alpha value is -1.63. The summed E-state index contributed by atoms with van der Waals surface area (Å²) >= 11 is 0. The summed E-state index contributed by atoms with van der Waals surface area (Å²) in [5.41, 5.74) is 3.61. The Balaban J connectivity index is 1.35. The van der Waals surface area contributed by atoms with Crippen molar-refractivity contribution in [1.82, 2.24) is 20.4 Å². The molecule has 3 aliphatic rings. The number of nitrogens with one attached hydrogen (secondary N) is 3. The van der Waals surface area contributed by atoms with Crippen LogP contribution in [0.25, 0.3) is 0 Å². The topological polar surface area (TPSA) is 59.6 Å². The third-order valence-electron chi connectivity index (χ3n) is 6.02. The standard InChI is InChI=1S/C20H31N5O/c1-13-5-4-6-14-9-17(23-19(13)14)20(26)22-15-7-8-18-21-10-16(12-24(2)3)25(18)11-15/h4-6,15-18,21,23H,7-12H2,1-3H3,(H,22,26). The number of fused-ring (bicyclic) bond motifs is 2. The van der Waals surface area contributed by atoms with Crippen LogP contribution in [0.4, 0.5) is 5.69 Å². The highest BCUT2D eigenvalue weighted by Gasteiger charge is 2.39. The second kappa shape index (κ2) is 7.18. The van der Waals surface area contributed by atoms with Gasteiger partial charge in [0.05, 0.1) is 6.17 Å². The van der Waals surface area contributed by atoms with Crippen molar-refractivity contribution in [2.24, 2.45) is 0 Å². The lowest BCUT2D eigenvalue weighted by Gasteiger charge is -2.38. The lowest BCUT2D eigenvalue weighted by Crippen LogP contribution is -2.56. The molecular formula is C20H31N5O. The molecule has 4 unspecified atom stereocenters. The van der Waals surface area contributed by atoms with Crippen molar-refractivity contribution >= 4 is 11.6 Å². The Morgan fingerprint density at radius 1 is 1.35 bits per heavy atom. The molecule has 1 aromatic carbocycles. The number of anilines is 1. The number of para-hydroxylation sites is 1. The van der Waals surface area contributed by atoms with Gasteiger partial charge in [-0.1, -0.05) is 18.2 Å². The number of carbonyl (C=O) groups excluding carboxylic acids is 1.